The number of benzene rings is 1. The monoisotopic (exact) mass is 312 g/mol. The molecule has 2 heterocycles. The van der Waals surface area contributed by atoms with Crippen molar-refractivity contribution >= 4 is 33.1 Å². The van der Waals surface area contributed by atoms with E-state index in [1.165, 1.54) is 11.3 Å². The number of aromatic nitrogens is 1. The Hall–Kier alpha value is -2.40. The quantitative estimate of drug-likeness (QED) is 0.789. The number of hydrogen-bond donors (Lipinski definition) is 1. The van der Waals surface area contributed by atoms with Crippen LogP contribution in [0.5, 0.6) is 5.75 Å². The highest BCUT2D eigenvalue weighted by atomic mass is 32.1. The summed E-state index contributed by atoms with van der Waals surface area (Å²) in [6.07, 6.45) is 0. The molecule has 1 amide bonds. The minimum Gasteiger partial charge on any atom is -0.497 e. The summed E-state index contributed by atoms with van der Waals surface area (Å²) in [6, 6.07) is 9.13. The zero-order chi connectivity index (χ0) is 15.7. The second-order valence-corrected chi connectivity index (χ2v) is 5.95. The maximum absolute atomic E-state index is 12.4. The third-order valence-corrected chi connectivity index (χ3v) is 4.32. The van der Waals surface area contributed by atoms with Crippen molar-refractivity contribution in [3.8, 4) is 5.75 Å². The van der Waals surface area contributed by atoms with Gasteiger partial charge in [0.2, 0.25) is 0 Å². The Labute approximate surface area is 132 Å². The molecular weight excluding hydrogens is 296 g/mol. The van der Waals surface area contributed by atoms with Gasteiger partial charge in [-0.1, -0.05) is 6.07 Å². The molecule has 0 bridgehead atoms. The molecule has 112 valence electrons. The van der Waals surface area contributed by atoms with Crippen LogP contribution < -0.4 is 10.1 Å². The first kappa shape index (κ1) is 14.5. The average Bonchev–Trinajstić information content (AvgIpc) is 2.90. The molecule has 0 unspecified atom stereocenters. The van der Waals surface area contributed by atoms with Crippen LogP contribution in [0.3, 0.4) is 0 Å². The largest absolute Gasteiger partial charge is 0.497 e. The van der Waals surface area contributed by atoms with Gasteiger partial charge in [-0.15, -0.1) is 11.3 Å². The van der Waals surface area contributed by atoms with Crippen molar-refractivity contribution in [1.82, 2.24) is 4.98 Å². The molecule has 2 aromatic heterocycles. The lowest BCUT2D eigenvalue weighted by molar-refractivity contribution is 0.102. The van der Waals surface area contributed by atoms with Crippen molar-refractivity contribution in [3.63, 3.8) is 0 Å². The molecule has 0 atom stereocenters. The SMILES string of the molecule is COc1cccc(C(=O)Nc2csc3nc(C)cc(C)c23)c1. The summed E-state index contributed by atoms with van der Waals surface area (Å²) in [6.45, 7) is 4.01. The highest BCUT2D eigenvalue weighted by molar-refractivity contribution is 7.17. The van der Waals surface area contributed by atoms with Crippen molar-refractivity contribution in [3.05, 3.63) is 52.5 Å². The molecule has 3 rings (SSSR count). The maximum atomic E-state index is 12.4. The number of ether oxygens (including phenoxy) is 1. The van der Waals surface area contributed by atoms with Crippen LogP contribution in [0.25, 0.3) is 10.2 Å². The molecule has 0 aliphatic carbocycles. The summed E-state index contributed by atoms with van der Waals surface area (Å²) in [5, 5.41) is 5.91. The predicted octanol–water partition coefficient (Wildman–Crippen LogP) is 4.17. The van der Waals surface area contributed by atoms with Gasteiger partial charge in [0.1, 0.15) is 10.6 Å². The number of fused-ring (bicyclic) bond motifs is 1. The number of anilines is 1. The van der Waals surface area contributed by atoms with Gasteiger partial charge in [-0.3, -0.25) is 4.79 Å². The lowest BCUT2D eigenvalue weighted by Crippen LogP contribution is -2.11. The van der Waals surface area contributed by atoms with Crippen LogP contribution in [0.2, 0.25) is 0 Å². The first-order chi connectivity index (χ1) is 10.6. The number of carbonyl (C=O) groups excluding carboxylic acids is 1. The van der Waals surface area contributed by atoms with Gasteiger partial charge < -0.3 is 10.1 Å². The predicted molar refractivity (Wildman–Crippen MR) is 90.0 cm³/mol. The Morgan fingerprint density at radius 2 is 2.09 bits per heavy atom. The van der Waals surface area contributed by atoms with E-state index in [0.29, 0.717) is 11.3 Å². The van der Waals surface area contributed by atoms with Crippen LogP contribution >= 0.6 is 11.3 Å². The molecule has 0 saturated carbocycles. The van der Waals surface area contributed by atoms with Crippen LogP contribution in [0.15, 0.2) is 35.7 Å². The highest BCUT2D eigenvalue weighted by Crippen LogP contribution is 2.32. The number of rotatable bonds is 3. The minimum atomic E-state index is -0.154. The van der Waals surface area contributed by atoms with E-state index in [2.05, 4.69) is 10.3 Å². The normalized spacial score (nSPS) is 10.7. The lowest BCUT2D eigenvalue weighted by atomic mass is 10.1. The number of carbonyl (C=O) groups is 1. The fraction of sp³-hybridized carbons (Fsp3) is 0.176. The second-order valence-electron chi connectivity index (χ2n) is 5.10. The van der Waals surface area contributed by atoms with Gasteiger partial charge >= 0.3 is 0 Å². The van der Waals surface area contributed by atoms with E-state index in [9.17, 15) is 4.79 Å². The Morgan fingerprint density at radius 1 is 1.27 bits per heavy atom. The van der Waals surface area contributed by atoms with Crippen molar-refractivity contribution in [1.29, 1.82) is 0 Å². The third-order valence-electron chi connectivity index (χ3n) is 3.45. The molecule has 0 spiro atoms. The summed E-state index contributed by atoms with van der Waals surface area (Å²) in [4.78, 5) is 17.9. The smallest absolute Gasteiger partial charge is 0.255 e. The lowest BCUT2D eigenvalue weighted by Gasteiger charge is -2.07. The summed E-state index contributed by atoms with van der Waals surface area (Å²) in [5.74, 6) is 0.509. The Kier molecular flexibility index (Phi) is 3.81. The van der Waals surface area contributed by atoms with E-state index < -0.39 is 0 Å². The number of amides is 1. The standard InChI is InChI=1S/C17H16N2O2S/c1-10-7-11(2)18-17-15(10)14(9-22-17)19-16(20)12-5-4-6-13(8-12)21-3/h4-9H,1-3H3,(H,19,20). The number of methoxy groups -OCH3 is 1. The zero-order valence-electron chi connectivity index (χ0n) is 12.6. The molecule has 5 heteroatoms. The first-order valence-electron chi connectivity index (χ1n) is 6.89. The van der Waals surface area contributed by atoms with Gasteiger partial charge in [0.25, 0.3) is 5.91 Å². The summed E-state index contributed by atoms with van der Waals surface area (Å²) < 4.78 is 5.15. The van der Waals surface area contributed by atoms with E-state index in [4.69, 9.17) is 4.74 Å². The molecule has 0 radical (unpaired) electrons. The number of thiophene rings is 1. The fourth-order valence-corrected chi connectivity index (χ4v) is 3.43. The van der Waals surface area contributed by atoms with Crippen molar-refractivity contribution in [2.24, 2.45) is 0 Å². The topological polar surface area (TPSA) is 51.2 Å². The number of pyridine rings is 1. The zero-order valence-corrected chi connectivity index (χ0v) is 13.5. The highest BCUT2D eigenvalue weighted by Gasteiger charge is 2.13. The molecule has 22 heavy (non-hydrogen) atoms. The molecular formula is C17H16N2O2S. The molecule has 1 aromatic carbocycles. The molecule has 4 nitrogen and oxygen atoms in total. The van der Waals surface area contributed by atoms with Crippen molar-refractivity contribution in [2.75, 3.05) is 12.4 Å². The van der Waals surface area contributed by atoms with Gasteiger partial charge in [-0.2, -0.15) is 0 Å². The summed E-state index contributed by atoms with van der Waals surface area (Å²) >= 11 is 1.54. The van der Waals surface area contributed by atoms with E-state index >= 15 is 0 Å². The van der Waals surface area contributed by atoms with Crippen LogP contribution in [-0.4, -0.2) is 18.0 Å². The number of hydrogen-bond acceptors (Lipinski definition) is 4. The molecule has 1 N–H and O–H groups in total. The molecule has 0 fully saturated rings. The molecule has 0 saturated heterocycles. The van der Waals surface area contributed by atoms with Gasteiger partial charge in [0.05, 0.1) is 12.8 Å². The van der Waals surface area contributed by atoms with Crippen molar-refractivity contribution in [2.45, 2.75) is 13.8 Å². The fourth-order valence-electron chi connectivity index (χ4n) is 2.44. The number of aryl methyl sites for hydroxylation is 2. The third kappa shape index (κ3) is 2.67. The van der Waals surface area contributed by atoms with Crippen molar-refractivity contribution < 1.29 is 9.53 Å². The van der Waals surface area contributed by atoms with E-state index in [1.807, 2.05) is 31.4 Å². The summed E-state index contributed by atoms with van der Waals surface area (Å²) in [5.41, 5.74) is 3.47. The molecule has 0 aliphatic heterocycles. The Bertz CT molecular complexity index is 855. The molecule has 3 aromatic rings. The van der Waals surface area contributed by atoms with Crippen LogP contribution in [0.1, 0.15) is 21.6 Å². The van der Waals surface area contributed by atoms with Crippen LogP contribution in [0.4, 0.5) is 5.69 Å². The van der Waals surface area contributed by atoms with Crippen LogP contribution in [0, 0.1) is 13.8 Å². The van der Waals surface area contributed by atoms with Gasteiger partial charge in [-0.05, 0) is 43.7 Å². The second kappa shape index (κ2) is 5.77. The van der Waals surface area contributed by atoms with E-state index in [-0.39, 0.29) is 5.91 Å². The number of nitrogens with zero attached hydrogens (tertiary/aromatic N) is 1. The Balaban J connectivity index is 1.94. The summed E-state index contributed by atoms with van der Waals surface area (Å²) in [7, 11) is 1.58. The number of nitrogens with one attached hydrogen (secondary N) is 1. The molecule has 0 aliphatic rings. The van der Waals surface area contributed by atoms with E-state index in [1.54, 1.807) is 25.3 Å². The average molecular weight is 312 g/mol. The maximum Gasteiger partial charge on any atom is 0.255 e. The minimum absolute atomic E-state index is 0.154. The van der Waals surface area contributed by atoms with Gasteiger partial charge in [-0.25, -0.2) is 4.98 Å². The Morgan fingerprint density at radius 3 is 2.86 bits per heavy atom. The van der Waals surface area contributed by atoms with Crippen LogP contribution in [-0.2, 0) is 0 Å². The van der Waals surface area contributed by atoms with Gasteiger partial charge in [0.15, 0.2) is 0 Å². The van der Waals surface area contributed by atoms with Gasteiger partial charge in [0, 0.05) is 22.0 Å². The first-order valence-corrected chi connectivity index (χ1v) is 7.77. The van der Waals surface area contributed by atoms with E-state index in [0.717, 1.165) is 27.2 Å².